The molecule has 16 heteroatoms. The molecule has 0 amide bonds. The molecule has 4 saturated carbocycles. The average Bonchev–Trinajstić information content (AvgIpc) is 1.57. The van der Waals surface area contributed by atoms with Gasteiger partial charge in [0.2, 0.25) is 0 Å². The molecule has 16 unspecified atom stereocenters. The van der Waals surface area contributed by atoms with Crippen molar-refractivity contribution in [2.45, 2.75) is 201 Å². The zero-order valence-corrected chi connectivity index (χ0v) is 59.2. The fourth-order valence-electron chi connectivity index (χ4n) is 21.9. The van der Waals surface area contributed by atoms with E-state index in [1.54, 1.807) is 0 Å². The highest BCUT2D eigenvalue weighted by Crippen LogP contribution is 2.59. The van der Waals surface area contributed by atoms with E-state index in [4.69, 9.17) is 0 Å². The minimum Gasteiger partial charge on any atom is -0.392 e. The summed E-state index contributed by atoms with van der Waals surface area (Å²) in [5.74, 6) is 2.75. The Hall–Kier alpha value is -6.88. The van der Waals surface area contributed by atoms with Crippen LogP contribution in [0.5, 0.6) is 0 Å². The van der Waals surface area contributed by atoms with Crippen molar-refractivity contribution in [1.29, 1.82) is 0 Å². The monoisotopic (exact) mass is 1400 g/mol. The smallest absolute Gasteiger partial charge is 0.0681 e. The quantitative estimate of drug-likeness (QED) is 0.0430. The molecule has 16 N–H and O–H groups in total. The minimum absolute atomic E-state index is 0.0205. The number of aliphatic hydroxyl groups is 8. The number of fused-ring (bicyclic) bond motifs is 20. The molecule has 8 bridgehead atoms. The largest absolute Gasteiger partial charge is 0.392 e. The van der Waals surface area contributed by atoms with E-state index in [1.165, 1.54) is 44.5 Å². The summed E-state index contributed by atoms with van der Waals surface area (Å²) in [5.41, 5.74) is 17.3. The van der Waals surface area contributed by atoms with Gasteiger partial charge in [-0.1, -0.05) is 194 Å². The molecule has 104 heavy (non-hydrogen) atoms. The Balaban J connectivity index is 0.806. The van der Waals surface area contributed by atoms with Crippen molar-refractivity contribution in [2.24, 2.45) is 47.3 Å². The Morgan fingerprint density at radius 3 is 0.346 bits per heavy atom. The van der Waals surface area contributed by atoms with E-state index in [-0.39, 0.29) is 197 Å². The molecule has 9 aliphatic rings. The molecular weight excluding hydrogens is 1300 g/mol. The summed E-state index contributed by atoms with van der Waals surface area (Å²) in [7, 11) is 0. The standard InChI is InChI=1S/C88H104N8O8/c97-41-49-1-17-57(18-2-49)65-33-73-74(34-66(65)58-19-3-50(42-98)4-20-58)82-89-81(73)93-83-75-35-67(59-21-5-51(43-99)6-22-59)68(60-23-7-52(44-100)8-24-60)36-76(75)85(90-83)95-87-79-39-71(63-29-13-55(47-103)14-30-63)72(64-31-15-56(48-104)16-32-64)40-80(79)88(92-87)96-86-78-38-70(62-27-11-54(46-102)12-28-62)69(37-77(78)84(91-86)94-82)61-25-9-53(45-101)10-26-61/h1-32,65-104H,33-48H2. The van der Waals surface area contributed by atoms with E-state index in [0.29, 0.717) is 0 Å². The van der Waals surface area contributed by atoms with Crippen LogP contribution in [0.1, 0.15) is 188 Å². The van der Waals surface area contributed by atoms with E-state index >= 15 is 0 Å². The summed E-state index contributed by atoms with van der Waals surface area (Å²) >= 11 is 0. The van der Waals surface area contributed by atoms with E-state index < -0.39 is 0 Å². The number of benzene rings is 8. The summed E-state index contributed by atoms with van der Waals surface area (Å²) in [6.45, 7) is -0.164. The first-order valence-electron chi connectivity index (χ1n) is 38.7. The van der Waals surface area contributed by atoms with Crippen LogP contribution in [-0.2, 0) is 52.9 Å². The van der Waals surface area contributed by atoms with Gasteiger partial charge in [-0.15, -0.1) is 0 Å². The predicted molar refractivity (Wildman–Crippen MR) is 401 cm³/mol. The molecular formula is C88H104N8O8. The van der Waals surface area contributed by atoms with Gasteiger partial charge < -0.3 is 40.9 Å². The molecule has 0 radical (unpaired) electrons. The first-order valence-corrected chi connectivity index (χ1v) is 38.7. The second-order valence-corrected chi connectivity index (χ2v) is 32.4. The second-order valence-electron chi connectivity index (χ2n) is 32.4. The lowest BCUT2D eigenvalue weighted by molar-refractivity contribution is 0.134. The maximum Gasteiger partial charge on any atom is 0.0681 e. The fraction of sp³-hybridized carbons (Fsp3) is 0.455. The van der Waals surface area contributed by atoms with Gasteiger partial charge in [0.05, 0.1) is 102 Å². The number of nitrogens with one attached hydrogen (secondary N) is 8. The van der Waals surface area contributed by atoms with E-state index in [2.05, 4.69) is 237 Å². The van der Waals surface area contributed by atoms with Crippen LogP contribution in [0.2, 0.25) is 0 Å². The average molecular weight is 1400 g/mol. The summed E-state index contributed by atoms with van der Waals surface area (Å²) in [5, 5.41) is 119. The zero-order valence-electron chi connectivity index (χ0n) is 59.2. The Morgan fingerprint density at radius 1 is 0.163 bits per heavy atom. The van der Waals surface area contributed by atoms with Crippen molar-refractivity contribution >= 4 is 0 Å². The van der Waals surface area contributed by atoms with Crippen LogP contribution in [0.4, 0.5) is 0 Å². The van der Waals surface area contributed by atoms with Gasteiger partial charge in [0.1, 0.15) is 0 Å². The molecule has 0 aromatic heterocycles. The van der Waals surface area contributed by atoms with Crippen molar-refractivity contribution in [3.8, 4) is 0 Å². The van der Waals surface area contributed by atoms with Gasteiger partial charge in [-0.05, 0) is 235 Å². The van der Waals surface area contributed by atoms with Crippen molar-refractivity contribution < 1.29 is 40.9 Å². The van der Waals surface area contributed by atoms with Gasteiger partial charge in [-0.25, -0.2) is 0 Å². The molecule has 544 valence electrons. The number of rotatable bonds is 16. The van der Waals surface area contributed by atoms with E-state index in [1.807, 2.05) is 0 Å². The molecule has 17 rings (SSSR count). The third-order valence-electron chi connectivity index (χ3n) is 27.4. The highest BCUT2D eigenvalue weighted by Gasteiger charge is 2.59. The maximum atomic E-state index is 10.4. The molecule has 9 fully saturated rings. The second kappa shape index (κ2) is 30.4. The lowest BCUT2D eigenvalue weighted by Gasteiger charge is -2.44. The molecule has 5 aliphatic heterocycles. The van der Waals surface area contributed by atoms with E-state index in [0.717, 1.165) is 95.9 Å². The zero-order chi connectivity index (χ0) is 70.7. The van der Waals surface area contributed by atoms with Crippen LogP contribution >= 0.6 is 0 Å². The SMILES string of the molecule is OCc1ccc(C2CC3C4NC(NC5NC(NC6NC(NC7NC(N4)C4CC(c8ccc(CO)cc8)C(c8ccc(CO)cc8)CC74)C4CC(c7ccc(CO)cc7)C(c7ccc(CO)cc7)CC64)C4CC(c6ccc(CO)cc6)C(c6ccc(CO)cc6)CC54)C3CC2c2ccc(CO)cc2)cc1. The Labute approximate surface area is 611 Å². The molecule has 16 atom stereocenters. The van der Waals surface area contributed by atoms with Crippen LogP contribution < -0.4 is 42.5 Å². The molecule has 5 saturated heterocycles. The van der Waals surface area contributed by atoms with Crippen molar-refractivity contribution in [1.82, 2.24) is 42.5 Å². The number of hydrogen-bond acceptors (Lipinski definition) is 16. The van der Waals surface area contributed by atoms with Gasteiger partial charge in [-0.3, -0.25) is 42.5 Å². The lowest BCUT2D eigenvalue weighted by atomic mass is 9.62. The lowest BCUT2D eigenvalue weighted by Crippen LogP contribution is -2.61. The van der Waals surface area contributed by atoms with Crippen molar-refractivity contribution in [3.63, 3.8) is 0 Å². The van der Waals surface area contributed by atoms with Crippen molar-refractivity contribution in [3.05, 3.63) is 283 Å². The molecule has 8 aromatic carbocycles. The van der Waals surface area contributed by atoms with Gasteiger partial charge in [0.15, 0.2) is 0 Å². The predicted octanol–water partition coefficient (Wildman–Crippen LogP) is 9.69. The Bertz CT molecular complexity index is 3370. The van der Waals surface area contributed by atoms with Crippen LogP contribution in [0, 0.1) is 47.3 Å². The topological polar surface area (TPSA) is 258 Å². The molecule has 8 aromatic rings. The van der Waals surface area contributed by atoms with Crippen molar-refractivity contribution in [2.75, 3.05) is 0 Å². The van der Waals surface area contributed by atoms with Crippen LogP contribution in [0.25, 0.3) is 0 Å². The van der Waals surface area contributed by atoms with Crippen LogP contribution in [0.15, 0.2) is 194 Å². The third-order valence-corrected chi connectivity index (χ3v) is 27.4. The van der Waals surface area contributed by atoms with Gasteiger partial charge >= 0.3 is 0 Å². The molecule has 5 heterocycles. The van der Waals surface area contributed by atoms with E-state index in [9.17, 15) is 40.9 Å². The van der Waals surface area contributed by atoms with Crippen LogP contribution in [0.3, 0.4) is 0 Å². The number of aliphatic hydroxyl groups excluding tert-OH is 8. The Morgan fingerprint density at radius 2 is 0.260 bits per heavy atom. The summed E-state index contributed by atoms with van der Waals surface area (Å²) in [6, 6.07) is 69.5. The highest BCUT2D eigenvalue weighted by molar-refractivity contribution is 5.40. The molecule has 0 spiro atoms. The van der Waals surface area contributed by atoms with Crippen LogP contribution in [-0.4, -0.2) is 90.2 Å². The van der Waals surface area contributed by atoms with Gasteiger partial charge in [0.25, 0.3) is 0 Å². The maximum absolute atomic E-state index is 10.4. The summed E-state index contributed by atoms with van der Waals surface area (Å²) < 4.78 is 0. The van der Waals surface area contributed by atoms with Gasteiger partial charge in [0, 0.05) is 0 Å². The molecule has 16 nitrogen and oxygen atoms in total. The summed E-state index contributed by atoms with van der Waals surface area (Å²) in [6.07, 6.45) is 6.46. The summed E-state index contributed by atoms with van der Waals surface area (Å²) in [4.78, 5) is 0. The molecule has 4 aliphatic carbocycles. The first-order chi connectivity index (χ1) is 51.1. The highest BCUT2D eigenvalue weighted by atomic mass is 16.3. The number of hydrogen-bond donors (Lipinski definition) is 16. The fourth-order valence-corrected chi connectivity index (χ4v) is 21.9. The first kappa shape index (κ1) is 70.1. The normalized spacial score (nSPS) is 35.0. The Kier molecular flexibility index (Phi) is 20.5. The third kappa shape index (κ3) is 13.6. The van der Waals surface area contributed by atoms with Gasteiger partial charge in [-0.2, -0.15) is 0 Å². The minimum atomic E-state index is -0.107.